The Kier molecular flexibility index (Phi) is 9.71. The number of benzene rings is 2. The highest BCUT2D eigenvalue weighted by Crippen LogP contribution is 2.44. The maximum Gasteiger partial charge on any atom is 0.257 e. The van der Waals surface area contributed by atoms with Crippen molar-refractivity contribution in [3.8, 4) is 17.2 Å². The van der Waals surface area contributed by atoms with Crippen molar-refractivity contribution in [1.82, 2.24) is 19.6 Å². The maximum absolute atomic E-state index is 13.8. The van der Waals surface area contributed by atoms with E-state index in [0.717, 1.165) is 44.3 Å². The van der Waals surface area contributed by atoms with Crippen molar-refractivity contribution < 1.29 is 27.4 Å². The van der Waals surface area contributed by atoms with Gasteiger partial charge in [-0.3, -0.25) is 9.69 Å². The van der Waals surface area contributed by atoms with E-state index in [2.05, 4.69) is 21.9 Å². The summed E-state index contributed by atoms with van der Waals surface area (Å²) in [7, 11) is 1.97. The van der Waals surface area contributed by atoms with E-state index in [0.29, 0.717) is 25.3 Å². The summed E-state index contributed by atoms with van der Waals surface area (Å²) in [5.74, 6) is 0.259. The monoisotopic (exact) mass is 560 g/mol. The minimum absolute atomic E-state index is 0.00868. The van der Waals surface area contributed by atoms with E-state index in [1.54, 1.807) is 23.0 Å². The first-order valence-electron chi connectivity index (χ1n) is 13.4. The minimum Gasteiger partial charge on any atom is -0.493 e. The van der Waals surface area contributed by atoms with E-state index in [4.69, 9.17) is 14.2 Å². The molecule has 0 radical (unpaired) electrons. The fourth-order valence-electron chi connectivity index (χ4n) is 5.46. The largest absolute Gasteiger partial charge is 0.493 e. The number of carbonyl (C=O) groups excluding carboxylic acids is 1. The Hall–Kier alpha value is -2.86. The van der Waals surface area contributed by atoms with Crippen LogP contribution in [0.4, 0.5) is 0 Å². The number of hydrazine groups is 1. The van der Waals surface area contributed by atoms with Gasteiger partial charge in [0.2, 0.25) is 11.7 Å². The molecule has 1 atom stereocenters. The zero-order valence-electron chi connectivity index (χ0n) is 23.3. The van der Waals surface area contributed by atoms with Crippen molar-refractivity contribution in [3.05, 3.63) is 47.5 Å². The van der Waals surface area contributed by atoms with E-state index in [1.807, 2.05) is 18.2 Å². The molecule has 4 rings (SSSR count). The number of nitrogens with one attached hydrogen (secondary N) is 1. The first-order chi connectivity index (χ1) is 18.8. The molecule has 2 aromatic carbocycles. The summed E-state index contributed by atoms with van der Waals surface area (Å²) in [6.07, 6.45) is 4.37. The molecular weight excluding hydrogens is 520 g/mol. The van der Waals surface area contributed by atoms with Crippen LogP contribution in [0.25, 0.3) is 0 Å². The van der Waals surface area contributed by atoms with Gasteiger partial charge in [-0.25, -0.2) is 13.4 Å². The summed E-state index contributed by atoms with van der Waals surface area (Å²) < 4.78 is 44.0. The molecule has 11 heteroatoms. The van der Waals surface area contributed by atoms with Gasteiger partial charge in [0.25, 0.3) is 10.0 Å². The third-order valence-electron chi connectivity index (χ3n) is 7.49. The summed E-state index contributed by atoms with van der Waals surface area (Å²) in [6.45, 7) is 3.06. The second kappa shape index (κ2) is 13.0. The van der Waals surface area contributed by atoms with Crippen molar-refractivity contribution in [2.75, 3.05) is 54.6 Å². The van der Waals surface area contributed by atoms with Crippen LogP contribution in [-0.4, -0.2) is 89.9 Å². The number of likely N-dealkylation sites (N-methyl/N-ethyl adjacent to an activating group) is 1. The van der Waals surface area contributed by atoms with Crippen LogP contribution < -0.4 is 19.0 Å². The Bertz CT molecular complexity index is 1230. The second-order valence-electron chi connectivity index (χ2n) is 10.0. The van der Waals surface area contributed by atoms with Gasteiger partial charge in [0, 0.05) is 39.6 Å². The summed E-state index contributed by atoms with van der Waals surface area (Å²) in [6, 6.07) is 11.7. The molecule has 2 aliphatic rings. The predicted octanol–water partition coefficient (Wildman–Crippen LogP) is 2.67. The fraction of sp³-hybridized carbons (Fsp3) is 0.536. The van der Waals surface area contributed by atoms with Crippen LogP contribution in [0.15, 0.2) is 41.3 Å². The number of carbonyl (C=O) groups is 1. The third kappa shape index (κ3) is 6.66. The molecule has 1 unspecified atom stereocenters. The molecule has 0 bridgehead atoms. The molecule has 2 saturated heterocycles. The zero-order valence-corrected chi connectivity index (χ0v) is 24.1. The zero-order chi connectivity index (χ0) is 28.0. The lowest BCUT2D eigenvalue weighted by Crippen LogP contribution is -2.50. The van der Waals surface area contributed by atoms with Crippen LogP contribution in [0.1, 0.15) is 36.8 Å². The van der Waals surface area contributed by atoms with Crippen LogP contribution in [0.3, 0.4) is 0 Å². The fourth-order valence-corrected chi connectivity index (χ4v) is 6.97. The quantitative estimate of drug-likeness (QED) is 0.423. The molecule has 1 N–H and O–H groups in total. The van der Waals surface area contributed by atoms with Crippen LogP contribution in [0, 0.1) is 0 Å². The van der Waals surface area contributed by atoms with Gasteiger partial charge in [-0.05, 0) is 42.9 Å². The number of sulfonamides is 1. The molecular formula is C28H40N4O6S. The Morgan fingerprint density at radius 3 is 2.15 bits per heavy atom. The Morgan fingerprint density at radius 1 is 0.949 bits per heavy atom. The van der Waals surface area contributed by atoms with Crippen molar-refractivity contribution in [3.63, 3.8) is 0 Å². The smallest absolute Gasteiger partial charge is 0.257 e. The summed E-state index contributed by atoms with van der Waals surface area (Å²) in [5.41, 5.74) is 1.42. The minimum atomic E-state index is -4.10. The van der Waals surface area contributed by atoms with Crippen molar-refractivity contribution in [2.24, 2.45) is 0 Å². The highest BCUT2D eigenvalue weighted by molar-refractivity contribution is 7.89. The number of nitrogens with zero attached hydrogens (tertiary/aromatic N) is 3. The Balaban J connectivity index is 1.70. The predicted molar refractivity (Wildman–Crippen MR) is 148 cm³/mol. The number of hydrogen-bond donors (Lipinski definition) is 1. The van der Waals surface area contributed by atoms with Gasteiger partial charge in [0.15, 0.2) is 11.5 Å². The van der Waals surface area contributed by atoms with Crippen LogP contribution >= 0.6 is 0 Å². The lowest BCUT2D eigenvalue weighted by atomic mass is 10.1. The molecule has 10 nitrogen and oxygen atoms in total. The van der Waals surface area contributed by atoms with E-state index < -0.39 is 10.0 Å². The number of hydrogen-bond acceptors (Lipinski definition) is 8. The molecule has 0 aromatic heterocycles. The second-order valence-corrected chi connectivity index (χ2v) is 11.6. The van der Waals surface area contributed by atoms with Gasteiger partial charge in [0.05, 0.1) is 33.9 Å². The molecule has 214 valence electrons. The molecule has 1 amide bonds. The Morgan fingerprint density at radius 2 is 1.56 bits per heavy atom. The topological polar surface area (TPSA) is 101 Å². The normalized spacial score (nSPS) is 17.2. The number of amides is 1. The van der Waals surface area contributed by atoms with E-state index in [9.17, 15) is 13.2 Å². The molecule has 0 saturated carbocycles. The molecule has 0 aliphatic carbocycles. The van der Waals surface area contributed by atoms with Crippen LogP contribution in [0.5, 0.6) is 17.2 Å². The van der Waals surface area contributed by atoms with Crippen molar-refractivity contribution in [1.29, 1.82) is 0 Å². The van der Waals surface area contributed by atoms with E-state index in [1.165, 1.54) is 21.3 Å². The standard InChI is InChI=1S/C28H40N4O6S/c1-30(24(31-14-8-9-15-31)18-21-12-6-5-7-13-21)25(33)20-22-19-23(36-2)26(37-3)27(38-4)28(22)39(34,35)29-32-16-10-11-17-32/h5-7,12-13,19,24,29H,8-11,14-18,20H2,1-4H3. The van der Waals surface area contributed by atoms with Gasteiger partial charge >= 0.3 is 0 Å². The van der Waals surface area contributed by atoms with Gasteiger partial charge < -0.3 is 19.1 Å². The first-order valence-corrected chi connectivity index (χ1v) is 14.9. The molecule has 39 heavy (non-hydrogen) atoms. The lowest BCUT2D eigenvalue weighted by molar-refractivity contribution is -0.134. The lowest BCUT2D eigenvalue weighted by Gasteiger charge is -2.36. The van der Waals surface area contributed by atoms with E-state index in [-0.39, 0.29) is 40.5 Å². The molecule has 2 fully saturated rings. The average molecular weight is 561 g/mol. The third-order valence-corrected chi connectivity index (χ3v) is 8.97. The van der Waals surface area contributed by atoms with E-state index >= 15 is 0 Å². The number of rotatable bonds is 12. The van der Waals surface area contributed by atoms with Crippen molar-refractivity contribution in [2.45, 2.75) is 49.6 Å². The molecule has 2 aromatic rings. The van der Waals surface area contributed by atoms with Crippen LogP contribution in [-0.2, 0) is 27.7 Å². The number of methoxy groups -OCH3 is 3. The molecule has 2 aliphatic heterocycles. The highest BCUT2D eigenvalue weighted by atomic mass is 32.2. The highest BCUT2D eigenvalue weighted by Gasteiger charge is 2.34. The molecule has 2 heterocycles. The summed E-state index contributed by atoms with van der Waals surface area (Å²) in [5, 5.41) is 1.67. The van der Waals surface area contributed by atoms with Crippen molar-refractivity contribution >= 4 is 15.9 Å². The SMILES string of the molecule is COc1cc(CC(=O)N(C)C(Cc2ccccc2)N2CCCC2)c(S(=O)(=O)NN2CCCC2)c(OC)c1OC. The average Bonchev–Trinajstić information content (AvgIpc) is 3.65. The Labute approximate surface area is 231 Å². The van der Waals surface area contributed by atoms with Gasteiger partial charge in [-0.1, -0.05) is 30.3 Å². The number of likely N-dealkylation sites (tertiary alicyclic amines) is 1. The van der Waals surface area contributed by atoms with Gasteiger partial charge in [-0.2, -0.15) is 0 Å². The van der Waals surface area contributed by atoms with Crippen LogP contribution in [0.2, 0.25) is 0 Å². The van der Waals surface area contributed by atoms with Gasteiger partial charge in [-0.15, -0.1) is 4.83 Å². The van der Waals surface area contributed by atoms with Gasteiger partial charge in [0.1, 0.15) is 4.90 Å². The first kappa shape index (κ1) is 29.1. The molecule has 0 spiro atoms. The maximum atomic E-state index is 13.8. The summed E-state index contributed by atoms with van der Waals surface area (Å²) >= 11 is 0. The number of ether oxygens (including phenoxy) is 3. The summed E-state index contributed by atoms with van der Waals surface area (Å²) in [4.78, 5) is 20.5.